The van der Waals surface area contributed by atoms with Crippen LogP contribution in [0.15, 0.2) is 24.3 Å². The Labute approximate surface area is 124 Å². The maximum Gasteiger partial charge on any atom is 0.229 e. The first-order valence-corrected chi connectivity index (χ1v) is 7.32. The van der Waals surface area contributed by atoms with E-state index in [4.69, 9.17) is 11.6 Å². The molecule has 2 rings (SSSR count). The number of halogens is 1. The number of nitrogens with one attached hydrogen (secondary N) is 1. The second-order valence-electron chi connectivity index (χ2n) is 5.09. The van der Waals surface area contributed by atoms with Crippen molar-refractivity contribution in [1.29, 1.82) is 0 Å². The van der Waals surface area contributed by atoms with Gasteiger partial charge in [0.05, 0.1) is 5.92 Å². The first-order chi connectivity index (χ1) is 9.60. The van der Waals surface area contributed by atoms with Gasteiger partial charge in [0.15, 0.2) is 0 Å². The van der Waals surface area contributed by atoms with Crippen molar-refractivity contribution in [3.05, 3.63) is 29.3 Å². The van der Waals surface area contributed by atoms with Crippen LogP contribution in [0.4, 0.5) is 5.69 Å². The highest BCUT2D eigenvalue weighted by molar-refractivity contribution is 6.30. The highest BCUT2D eigenvalue weighted by Crippen LogP contribution is 2.21. The minimum Gasteiger partial charge on any atom is -0.342 e. The van der Waals surface area contributed by atoms with E-state index in [2.05, 4.69) is 12.2 Å². The second kappa shape index (κ2) is 6.75. The molecule has 1 fully saturated rings. The number of unbranched alkanes of at least 4 members (excludes halogenated alkanes) is 1. The molecule has 0 spiro atoms. The Hall–Kier alpha value is -1.55. The summed E-state index contributed by atoms with van der Waals surface area (Å²) in [6.45, 7) is 3.36. The summed E-state index contributed by atoms with van der Waals surface area (Å²) in [7, 11) is 0. The fraction of sp³-hybridized carbons (Fsp3) is 0.467. The molecule has 1 aromatic rings. The first-order valence-electron chi connectivity index (χ1n) is 6.94. The Morgan fingerprint density at radius 1 is 1.40 bits per heavy atom. The molecule has 0 aromatic heterocycles. The monoisotopic (exact) mass is 294 g/mol. The van der Waals surface area contributed by atoms with Crippen LogP contribution in [0.2, 0.25) is 5.02 Å². The van der Waals surface area contributed by atoms with Gasteiger partial charge in [-0.3, -0.25) is 9.59 Å². The standard InChI is InChI=1S/C15H19ClN2O2/c1-2-3-8-18-10-11(9-14(18)19)15(20)17-13-6-4-12(16)5-7-13/h4-7,11H,2-3,8-10H2,1H3,(H,17,20)/t11-/m0/s1. The highest BCUT2D eigenvalue weighted by atomic mass is 35.5. The summed E-state index contributed by atoms with van der Waals surface area (Å²) in [5, 5.41) is 3.46. The zero-order valence-corrected chi connectivity index (χ0v) is 12.3. The summed E-state index contributed by atoms with van der Waals surface area (Å²) in [6.07, 6.45) is 2.34. The zero-order valence-electron chi connectivity index (χ0n) is 11.6. The number of amides is 2. The molecule has 1 atom stereocenters. The van der Waals surface area contributed by atoms with E-state index in [1.807, 2.05) is 0 Å². The Balaban J connectivity index is 1.90. The summed E-state index contributed by atoms with van der Waals surface area (Å²) in [5.41, 5.74) is 0.707. The van der Waals surface area contributed by atoms with Crippen LogP contribution in [-0.2, 0) is 9.59 Å². The molecule has 0 aliphatic carbocycles. The molecule has 4 nitrogen and oxygen atoms in total. The zero-order chi connectivity index (χ0) is 14.5. The number of hydrogen-bond donors (Lipinski definition) is 1. The molecule has 1 aliphatic rings. The fourth-order valence-corrected chi connectivity index (χ4v) is 2.42. The van der Waals surface area contributed by atoms with Crippen LogP contribution in [-0.4, -0.2) is 29.8 Å². The highest BCUT2D eigenvalue weighted by Gasteiger charge is 2.33. The number of anilines is 1. The van der Waals surface area contributed by atoms with Gasteiger partial charge in [-0.2, -0.15) is 0 Å². The lowest BCUT2D eigenvalue weighted by Crippen LogP contribution is -2.29. The molecule has 1 aliphatic heterocycles. The summed E-state index contributed by atoms with van der Waals surface area (Å²) in [5.74, 6) is -0.274. The summed E-state index contributed by atoms with van der Waals surface area (Å²) in [6, 6.07) is 6.97. The Bertz CT molecular complexity index is 487. The molecule has 20 heavy (non-hydrogen) atoms. The molecule has 1 saturated heterocycles. The summed E-state index contributed by atoms with van der Waals surface area (Å²) < 4.78 is 0. The van der Waals surface area contributed by atoms with Gasteiger partial charge in [-0.05, 0) is 30.7 Å². The average Bonchev–Trinajstić information content (AvgIpc) is 2.80. The Morgan fingerprint density at radius 3 is 2.75 bits per heavy atom. The summed E-state index contributed by atoms with van der Waals surface area (Å²) in [4.78, 5) is 25.7. The van der Waals surface area contributed by atoms with E-state index >= 15 is 0 Å². The van der Waals surface area contributed by atoms with Crippen molar-refractivity contribution < 1.29 is 9.59 Å². The molecule has 2 amide bonds. The first kappa shape index (κ1) is 14.9. The minimum atomic E-state index is -0.255. The van der Waals surface area contributed by atoms with E-state index in [0.717, 1.165) is 19.4 Å². The van der Waals surface area contributed by atoms with Crippen molar-refractivity contribution in [1.82, 2.24) is 4.90 Å². The van der Waals surface area contributed by atoms with E-state index in [9.17, 15) is 9.59 Å². The number of likely N-dealkylation sites (tertiary alicyclic amines) is 1. The topological polar surface area (TPSA) is 49.4 Å². The largest absolute Gasteiger partial charge is 0.342 e. The van der Waals surface area contributed by atoms with Gasteiger partial charge in [0.2, 0.25) is 11.8 Å². The normalized spacial score (nSPS) is 18.4. The lowest BCUT2D eigenvalue weighted by atomic mass is 10.1. The number of carbonyl (C=O) groups is 2. The molecule has 0 radical (unpaired) electrons. The number of benzene rings is 1. The molecular weight excluding hydrogens is 276 g/mol. The van der Waals surface area contributed by atoms with Gasteiger partial charge in [0, 0.05) is 30.2 Å². The van der Waals surface area contributed by atoms with Crippen LogP contribution in [0.3, 0.4) is 0 Å². The van der Waals surface area contributed by atoms with Crippen molar-refractivity contribution in [3.8, 4) is 0 Å². The maximum atomic E-state index is 12.1. The Morgan fingerprint density at radius 2 is 2.10 bits per heavy atom. The molecule has 1 heterocycles. The van der Waals surface area contributed by atoms with E-state index < -0.39 is 0 Å². The van der Waals surface area contributed by atoms with E-state index in [-0.39, 0.29) is 17.7 Å². The third-order valence-corrected chi connectivity index (χ3v) is 3.73. The predicted octanol–water partition coefficient (Wildman–Crippen LogP) is 2.93. The molecule has 0 bridgehead atoms. The van der Waals surface area contributed by atoms with E-state index in [1.165, 1.54) is 0 Å². The summed E-state index contributed by atoms with van der Waals surface area (Å²) >= 11 is 5.80. The van der Waals surface area contributed by atoms with Gasteiger partial charge < -0.3 is 10.2 Å². The van der Waals surface area contributed by atoms with E-state index in [0.29, 0.717) is 23.7 Å². The third-order valence-electron chi connectivity index (χ3n) is 3.48. The van der Waals surface area contributed by atoms with Crippen molar-refractivity contribution in [2.24, 2.45) is 5.92 Å². The molecule has 5 heteroatoms. The van der Waals surface area contributed by atoms with Crippen LogP contribution in [0.25, 0.3) is 0 Å². The predicted molar refractivity (Wildman–Crippen MR) is 79.7 cm³/mol. The van der Waals surface area contributed by atoms with Gasteiger partial charge >= 0.3 is 0 Å². The number of carbonyl (C=O) groups excluding carboxylic acids is 2. The molecule has 1 N–H and O–H groups in total. The maximum absolute atomic E-state index is 12.1. The molecule has 0 unspecified atom stereocenters. The van der Waals surface area contributed by atoms with Crippen molar-refractivity contribution in [2.75, 3.05) is 18.4 Å². The third kappa shape index (κ3) is 3.73. The smallest absolute Gasteiger partial charge is 0.229 e. The number of rotatable bonds is 5. The van der Waals surface area contributed by atoms with Gasteiger partial charge in [-0.1, -0.05) is 24.9 Å². The lowest BCUT2D eigenvalue weighted by molar-refractivity contribution is -0.128. The second-order valence-corrected chi connectivity index (χ2v) is 5.53. The molecule has 0 saturated carbocycles. The van der Waals surface area contributed by atoms with Gasteiger partial charge in [-0.25, -0.2) is 0 Å². The molecule has 1 aromatic carbocycles. The van der Waals surface area contributed by atoms with Crippen molar-refractivity contribution >= 4 is 29.1 Å². The van der Waals surface area contributed by atoms with Crippen molar-refractivity contribution in [3.63, 3.8) is 0 Å². The Kier molecular flexibility index (Phi) is 5.01. The van der Waals surface area contributed by atoms with Gasteiger partial charge in [0.25, 0.3) is 0 Å². The van der Waals surface area contributed by atoms with Crippen LogP contribution in [0, 0.1) is 5.92 Å². The number of hydrogen-bond acceptors (Lipinski definition) is 2. The average molecular weight is 295 g/mol. The number of nitrogens with zero attached hydrogens (tertiary/aromatic N) is 1. The SMILES string of the molecule is CCCCN1C[C@@H](C(=O)Nc2ccc(Cl)cc2)CC1=O. The van der Waals surface area contributed by atoms with Crippen molar-refractivity contribution in [2.45, 2.75) is 26.2 Å². The van der Waals surface area contributed by atoms with Crippen LogP contribution >= 0.6 is 11.6 Å². The van der Waals surface area contributed by atoms with Crippen LogP contribution in [0.5, 0.6) is 0 Å². The molecule has 108 valence electrons. The van der Waals surface area contributed by atoms with Gasteiger partial charge in [0.1, 0.15) is 0 Å². The van der Waals surface area contributed by atoms with Crippen LogP contribution in [0.1, 0.15) is 26.2 Å². The minimum absolute atomic E-state index is 0.0784. The fourth-order valence-electron chi connectivity index (χ4n) is 2.29. The molecular formula is C15H19ClN2O2. The van der Waals surface area contributed by atoms with Crippen LogP contribution < -0.4 is 5.32 Å². The van der Waals surface area contributed by atoms with E-state index in [1.54, 1.807) is 29.2 Å². The lowest BCUT2D eigenvalue weighted by Gasteiger charge is -2.15. The quantitative estimate of drug-likeness (QED) is 0.908. The van der Waals surface area contributed by atoms with Gasteiger partial charge in [-0.15, -0.1) is 0 Å².